The lowest BCUT2D eigenvalue weighted by molar-refractivity contribution is -0.122. The van der Waals surface area contributed by atoms with Gasteiger partial charge in [-0.15, -0.1) is 0 Å². The molecule has 3 aromatic carbocycles. The third kappa shape index (κ3) is 5.65. The van der Waals surface area contributed by atoms with E-state index in [1.165, 1.54) is 54.6 Å². The van der Waals surface area contributed by atoms with Gasteiger partial charge in [0.15, 0.2) is 6.10 Å². The van der Waals surface area contributed by atoms with Crippen LogP contribution in [0.15, 0.2) is 65.6 Å². The monoisotopic (exact) mass is 589 g/mol. The normalized spacial score (nSPS) is 15.6. The number of benzene rings is 3. The van der Waals surface area contributed by atoms with Crippen LogP contribution in [0.4, 0.5) is 17.1 Å². The summed E-state index contributed by atoms with van der Waals surface area (Å²) in [5.74, 6) is -0.438. The molecule has 0 aliphatic carbocycles. The Hall–Kier alpha value is -2.70. The molecule has 2 N–H and O–H groups in total. The average Bonchev–Trinajstić information content (AvgIpc) is 2.81. The quantitative estimate of drug-likeness (QED) is 0.432. The molecule has 0 saturated heterocycles. The Morgan fingerprint density at radius 1 is 1.00 bits per heavy atom. The Labute approximate surface area is 223 Å². The van der Waals surface area contributed by atoms with E-state index in [1.807, 2.05) is 0 Å². The lowest BCUT2D eigenvalue weighted by Crippen LogP contribution is -2.48. The number of nitrogens with zero attached hydrogens (tertiary/aromatic N) is 1. The maximum Gasteiger partial charge on any atom is 0.267 e. The zero-order valence-electron chi connectivity index (χ0n) is 18.4. The van der Waals surface area contributed by atoms with Crippen molar-refractivity contribution in [3.8, 4) is 5.75 Å². The molecule has 14 heteroatoms. The van der Waals surface area contributed by atoms with Gasteiger partial charge in [-0.25, -0.2) is 16.8 Å². The zero-order valence-corrected chi connectivity index (χ0v) is 22.3. The number of carbonyl (C=O) groups excluding carboxylic acids is 1. The van der Waals surface area contributed by atoms with Crippen LogP contribution in [0.25, 0.3) is 0 Å². The van der Waals surface area contributed by atoms with Crippen molar-refractivity contribution in [3.63, 3.8) is 0 Å². The van der Waals surface area contributed by atoms with E-state index in [-0.39, 0.29) is 44.3 Å². The molecule has 1 aliphatic rings. The molecular formula is C22H18Cl3N3O6S2. The van der Waals surface area contributed by atoms with Gasteiger partial charge >= 0.3 is 0 Å². The molecule has 190 valence electrons. The van der Waals surface area contributed by atoms with Gasteiger partial charge in [0.25, 0.3) is 15.9 Å². The SMILES string of the molecule is CS(=O)(=O)N1C[C@@H](C(=O)Nc2ccc(S(=O)(=O)Nc3cccc(Cl)c3Cl)cc2)Oc2ccc(Cl)cc21. The number of halogens is 3. The predicted molar refractivity (Wildman–Crippen MR) is 140 cm³/mol. The van der Waals surface area contributed by atoms with Crippen molar-refractivity contribution in [2.75, 3.05) is 27.1 Å². The van der Waals surface area contributed by atoms with Crippen molar-refractivity contribution < 1.29 is 26.4 Å². The number of hydrogen-bond donors (Lipinski definition) is 2. The number of carbonyl (C=O) groups is 1. The number of ether oxygens (including phenoxy) is 1. The maximum atomic E-state index is 12.9. The van der Waals surface area contributed by atoms with Crippen LogP contribution in [-0.4, -0.2) is 41.6 Å². The molecule has 1 amide bonds. The number of sulfonamides is 2. The molecule has 0 unspecified atom stereocenters. The molecule has 1 atom stereocenters. The number of rotatable bonds is 6. The highest BCUT2D eigenvalue weighted by molar-refractivity contribution is 7.92. The summed E-state index contributed by atoms with van der Waals surface area (Å²) in [7, 11) is -7.72. The Morgan fingerprint density at radius 2 is 1.69 bits per heavy atom. The molecule has 3 aromatic rings. The molecule has 0 bridgehead atoms. The number of anilines is 3. The van der Waals surface area contributed by atoms with Gasteiger partial charge in [0.2, 0.25) is 10.0 Å². The van der Waals surface area contributed by atoms with Crippen LogP contribution in [0.2, 0.25) is 15.1 Å². The Balaban J connectivity index is 1.50. The van der Waals surface area contributed by atoms with Gasteiger partial charge in [-0.05, 0) is 54.6 Å². The van der Waals surface area contributed by atoms with Crippen molar-refractivity contribution >= 4 is 77.8 Å². The van der Waals surface area contributed by atoms with Crippen molar-refractivity contribution in [2.45, 2.75) is 11.0 Å². The lowest BCUT2D eigenvalue weighted by atomic mass is 10.2. The maximum absolute atomic E-state index is 12.9. The first-order valence-electron chi connectivity index (χ1n) is 10.2. The number of nitrogens with one attached hydrogen (secondary N) is 2. The molecule has 0 aromatic heterocycles. The Kier molecular flexibility index (Phi) is 7.31. The predicted octanol–water partition coefficient (Wildman–Crippen LogP) is 4.61. The van der Waals surface area contributed by atoms with E-state index in [1.54, 1.807) is 6.07 Å². The highest BCUT2D eigenvalue weighted by Gasteiger charge is 2.35. The standard InChI is InChI=1S/C22H18Cl3N3O6S2/c1-35(30,31)28-12-20(34-19-10-5-13(23)11-18(19)28)22(29)26-14-6-8-15(9-7-14)36(32,33)27-17-4-2-3-16(24)21(17)25/h2-11,20,27H,12H2,1H3,(H,26,29)/t20-/m0/s1. The van der Waals surface area contributed by atoms with Crippen LogP contribution in [0.1, 0.15) is 0 Å². The minimum atomic E-state index is -3.99. The summed E-state index contributed by atoms with van der Waals surface area (Å²) in [5, 5.41) is 3.18. The number of hydrogen-bond acceptors (Lipinski definition) is 6. The van der Waals surface area contributed by atoms with E-state index in [2.05, 4.69) is 10.0 Å². The first-order chi connectivity index (χ1) is 16.8. The average molecular weight is 591 g/mol. The molecular weight excluding hydrogens is 573 g/mol. The van der Waals surface area contributed by atoms with E-state index >= 15 is 0 Å². The van der Waals surface area contributed by atoms with Crippen LogP contribution in [0.3, 0.4) is 0 Å². The highest BCUT2D eigenvalue weighted by atomic mass is 35.5. The summed E-state index contributed by atoms with van der Waals surface area (Å²) in [6.07, 6.45) is -0.148. The van der Waals surface area contributed by atoms with Gasteiger partial charge in [-0.3, -0.25) is 13.8 Å². The molecule has 0 spiro atoms. The summed E-state index contributed by atoms with van der Waals surface area (Å²) in [6.45, 7) is -0.269. The second-order valence-electron chi connectivity index (χ2n) is 7.73. The lowest BCUT2D eigenvalue weighted by Gasteiger charge is -2.34. The third-order valence-electron chi connectivity index (χ3n) is 5.11. The fraction of sp³-hybridized carbons (Fsp3) is 0.136. The summed E-state index contributed by atoms with van der Waals surface area (Å²) in [5.41, 5.74) is 0.625. The summed E-state index contributed by atoms with van der Waals surface area (Å²) >= 11 is 18.0. The molecule has 9 nitrogen and oxygen atoms in total. The first-order valence-corrected chi connectivity index (χ1v) is 14.6. The first kappa shape index (κ1) is 26.4. The summed E-state index contributed by atoms with van der Waals surface area (Å²) in [6, 6.07) is 14.3. The van der Waals surface area contributed by atoms with Crippen molar-refractivity contribution in [3.05, 3.63) is 75.7 Å². The molecule has 0 fully saturated rings. The molecule has 1 heterocycles. The topological polar surface area (TPSA) is 122 Å². The molecule has 4 rings (SSSR count). The highest BCUT2D eigenvalue weighted by Crippen LogP contribution is 2.37. The van der Waals surface area contributed by atoms with Crippen molar-refractivity contribution in [1.82, 2.24) is 0 Å². The fourth-order valence-electron chi connectivity index (χ4n) is 3.40. The van der Waals surface area contributed by atoms with E-state index in [0.717, 1.165) is 10.6 Å². The third-order valence-corrected chi connectivity index (χ3v) is 8.69. The Morgan fingerprint density at radius 3 is 2.36 bits per heavy atom. The van der Waals surface area contributed by atoms with Gasteiger partial charge in [-0.2, -0.15) is 0 Å². The van der Waals surface area contributed by atoms with Crippen LogP contribution < -0.4 is 19.1 Å². The largest absolute Gasteiger partial charge is 0.476 e. The van der Waals surface area contributed by atoms with Gasteiger partial charge < -0.3 is 10.1 Å². The van der Waals surface area contributed by atoms with Gasteiger partial charge in [-0.1, -0.05) is 40.9 Å². The summed E-state index contributed by atoms with van der Waals surface area (Å²) in [4.78, 5) is 12.8. The summed E-state index contributed by atoms with van der Waals surface area (Å²) < 4.78 is 59.2. The van der Waals surface area contributed by atoms with Crippen LogP contribution >= 0.6 is 34.8 Å². The minimum Gasteiger partial charge on any atom is -0.476 e. The van der Waals surface area contributed by atoms with Crippen molar-refractivity contribution in [2.24, 2.45) is 0 Å². The zero-order chi connectivity index (χ0) is 26.3. The van der Waals surface area contributed by atoms with Crippen LogP contribution in [-0.2, 0) is 24.8 Å². The second kappa shape index (κ2) is 9.98. The van der Waals surface area contributed by atoms with Gasteiger partial charge in [0, 0.05) is 10.7 Å². The van der Waals surface area contributed by atoms with Gasteiger partial charge in [0.1, 0.15) is 5.75 Å². The van der Waals surface area contributed by atoms with E-state index in [9.17, 15) is 21.6 Å². The van der Waals surface area contributed by atoms with Crippen LogP contribution in [0, 0.1) is 0 Å². The van der Waals surface area contributed by atoms with E-state index in [0.29, 0.717) is 5.02 Å². The minimum absolute atomic E-state index is 0.0612. The van der Waals surface area contributed by atoms with Gasteiger partial charge in [0.05, 0.1) is 39.1 Å². The van der Waals surface area contributed by atoms with E-state index < -0.39 is 32.1 Å². The smallest absolute Gasteiger partial charge is 0.267 e. The van der Waals surface area contributed by atoms with Crippen LogP contribution in [0.5, 0.6) is 5.75 Å². The molecule has 0 saturated carbocycles. The second-order valence-corrected chi connectivity index (χ2v) is 12.5. The fourth-order valence-corrected chi connectivity index (χ4v) is 5.95. The Bertz CT molecular complexity index is 1550. The number of fused-ring (bicyclic) bond motifs is 1. The van der Waals surface area contributed by atoms with Crippen molar-refractivity contribution in [1.29, 1.82) is 0 Å². The molecule has 0 radical (unpaired) electrons. The number of amides is 1. The molecule has 36 heavy (non-hydrogen) atoms. The molecule has 1 aliphatic heterocycles. The van der Waals surface area contributed by atoms with E-state index in [4.69, 9.17) is 39.5 Å².